The molecule has 0 fully saturated rings. The van der Waals surface area contributed by atoms with E-state index in [9.17, 15) is 19.7 Å². The van der Waals surface area contributed by atoms with Gasteiger partial charge in [-0.3, -0.25) is 19.7 Å². The number of amides is 1. The van der Waals surface area contributed by atoms with Crippen molar-refractivity contribution in [3.05, 3.63) is 57.1 Å². The Labute approximate surface area is 166 Å². The van der Waals surface area contributed by atoms with Crippen LogP contribution in [0, 0.1) is 24.0 Å². The average Bonchev–Trinajstić information content (AvgIpc) is 2.69. The minimum atomic E-state index is -0.655. The highest BCUT2D eigenvalue weighted by Crippen LogP contribution is 2.31. The summed E-state index contributed by atoms with van der Waals surface area (Å²) < 4.78 is 15.9. The number of ether oxygens (including phenoxy) is 3. The summed E-state index contributed by atoms with van der Waals surface area (Å²) in [6.07, 6.45) is -0.0481. The van der Waals surface area contributed by atoms with Crippen molar-refractivity contribution in [2.45, 2.75) is 20.3 Å². The molecule has 9 nitrogen and oxygen atoms in total. The molecule has 0 saturated heterocycles. The van der Waals surface area contributed by atoms with E-state index in [0.29, 0.717) is 35.8 Å². The molecule has 3 rings (SSSR count). The first kappa shape index (κ1) is 20.1. The second-order valence-electron chi connectivity index (χ2n) is 6.52. The number of nitro benzene ring substituents is 1. The molecule has 0 atom stereocenters. The second kappa shape index (κ2) is 8.59. The normalized spacial score (nSPS) is 12.2. The van der Waals surface area contributed by atoms with Crippen LogP contribution in [0.4, 0.5) is 11.4 Å². The van der Waals surface area contributed by atoms with E-state index in [-0.39, 0.29) is 17.8 Å². The van der Waals surface area contributed by atoms with Crippen LogP contribution in [0.3, 0.4) is 0 Å². The first-order valence-corrected chi connectivity index (χ1v) is 8.93. The van der Waals surface area contributed by atoms with E-state index in [1.54, 1.807) is 38.1 Å². The van der Waals surface area contributed by atoms with Gasteiger partial charge in [0.25, 0.3) is 11.6 Å². The summed E-state index contributed by atoms with van der Waals surface area (Å²) in [5, 5.41) is 13.7. The van der Waals surface area contributed by atoms with Crippen LogP contribution < -0.4 is 14.8 Å². The lowest BCUT2D eigenvalue weighted by Gasteiger charge is -2.18. The fourth-order valence-corrected chi connectivity index (χ4v) is 2.85. The maximum atomic E-state index is 12.2. The van der Waals surface area contributed by atoms with Crippen LogP contribution >= 0.6 is 0 Å². The van der Waals surface area contributed by atoms with Crippen LogP contribution in [0.5, 0.6) is 11.5 Å². The Balaban J connectivity index is 1.58. The molecule has 2 aromatic carbocycles. The van der Waals surface area contributed by atoms with Gasteiger partial charge < -0.3 is 19.5 Å². The third kappa shape index (κ3) is 4.81. The highest BCUT2D eigenvalue weighted by molar-refractivity contribution is 5.96. The van der Waals surface area contributed by atoms with E-state index in [1.165, 1.54) is 6.07 Å². The van der Waals surface area contributed by atoms with Gasteiger partial charge in [0.2, 0.25) is 0 Å². The van der Waals surface area contributed by atoms with Gasteiger partial charge in [-0.1, -0.05) is 12.1 Å². The highest BCUT2D eigenvalue weighted by atomic mass is 16.6. The van der Waals surface area contributed by atoms with Crippen LogP contribution in [0.25, 0.3) is 0 Å². The number of hydrogen-bond donors (Lipinski definition) is 1. The second-order valence-corrected chi connectivity index (χ2v) is 6.52. The molecule has 0 radical (unpaired) electrons. The van der Waals surface area contributed by atoms with E-state index in [1.807, 2.05) is 0 Å². The van der Waals surface area contributed by atoms with Crippen LogP contribution in [0.2, 0.25) is 0 Å². The van der Waals surface area contributed by atoms with Gasteiger partial charge in [-0.25, -0.2) is 0 Å². The number of benzene rings is 2. The Bertz CT molecular complexity index is 972. The number of nitrogens with zero attached hydrogens (tertiary/aromatic N) is 1. The molecule has 0 aliphatic carbocycles. The molecule has 0 saturated carbocycles. The fraction of sp³-hybridized carbons (Fsp3) is 0.300. The van der Waals surface area contributed by atoms with Crippen LogP contribution in [-0.2, 0) is 20.7 Å². The van der Waals surface area contributed by atoms with Crippen molar-refractivity contribution in [1.82, 2.24) is 0 Å². The van der Waals surface area contributed by atoms with Gasteiger partial charge in [0.1, 0.15) is 18.9 Å². The number of carbonyl (C=O) groups excluding carboxylic acids is 2. The number of carbonyl (C=O) groups is 2. The Morgan fingerprint density at radius 2 is 1.86 bits per heavy atom. The molecule has 0 unspecified atom stereocenters. The minimum absolute atomic E-state index is 0.0481. The first-order chi connectivity index (χ1) is 13.8. The quantitative estimate of drug-likeness (QED) is 0.450. The molecule has 9 heteroatoms. The molecule has 2 aromatic rings. The van der Waals surface area contributed by atoms with Crippen LogP contribution in [-0.4, -0.2) is 36.6 Å². The Kier molecular flexibility index (Phi) is 5.96. The largest absolute Gasteiger partial charge is 0.486 e. The molecule has 29 heavy (non-hydrogen) atoms. The number of nitrogens with one attached hydrogen (secondary N) is 1. The van der Waals surface area contributed by atoms with Gasteiger partial charge in [0, 0.05) is 6.07 Å². The van der Waals surface area contributed by atoms with Gasteiger partial charge in [0.15, 0.2) is 18.1 Å². The van der Waals surface area contributed by atoms with Gasteiger partial charge in [-0.15, -0.1) is 0 Å². The predicted molar refractivity (Wildman–Crippen MR) is 103 cm³/mol. The van der Waals surface area contributed by atoms with Gasteiger partial charge in [-0.05, 0) is 42.7 Å². The van der Waals surface area contributed by atoms with Crippen molar-refractivity contribution in [3.8, 4) is 11.5 Å². The average molecular weight is 400 g/mol. The van der Waals surface area contributed by atoms with Gasteiger partial charge in [-0.2, -0.15) is 0 Å². The van der Waals surface area contributed by atoms with Crippen molar-refractivity contribution in [2.75, 3.05) is 25.1 Å². The summed E-state index contributed by atoms with van der Waals surface area (Å²) in [4.78, 5) is 34.8. The van der Waals surface area contributed by atoms with Crippen LogP contribution in [0.1, 0.15) is 16.7 Å². The van der Waals surface area contributed by atoms with Crippen molar-refractivity contribution >= 4 is 23.3 Å². The van der Waals surface area contributed by atoms with Crippen molar-refractivity contribution in [2.24, 2.45) is 0 Å². The van der Waals surface area contributed by atoms with Crippen molar-refractivity contribution < 1.29 is 28.7 Å². The summed E-state index contributed by atoms with van der Waals surface area (Å²) in [6.45, 7) is 3.81. The fourth-order valence-electron chi connectivity index (χ4n) is 2.85. The van der Waals surface area contributed by atoms with Gasteiger partial charge in [0.05, 0.1) is 11.3 Å². The minimum Gasteiger partial charge on any atom is -0.486 e. The lowest BCUT2D eigenvalue weighted by atomic mass is 10.1. The molecular formula is C20H20N2O7. The van der Waals surface area contributed by atoms with E-state index in [4.69, 9.17) is 14.2 Å². The third-order valence-corrected chi connectivity index (χ3v) is 4.49. The monoisotopic (exact) mass is 400 g/mol. The molecule has 0 bridgehead atoms. The zero-order valence-corrected chi connectivity index (χ0v) is 16.0. The molecule has 1 N–H and O–H groups in total. The SMILES string of the molecule is Cc1ccc([N+](=O)[O-])c(NC(=O)COC(=O)Cc2ccc3c(c2)OCCO3)c1C. The van der Waals surface area contributed by atoms with Gasteiger partial charge >= 0.3 is 5.97 Å². The van der Waals surface area contributed by atoms with Crippen LogP contribution in [0.15, 0.2) is 30.3 Å². The topological polar surface area (TPSA) is 117 Å². The number of fused-ring (bicyclic) bond motifs is 1. The maximum Gasteiger partial charge on any atom is 0.310 e. The summed E-state index contributed by atoms with van der Waals surface area (Å²) in [5.74, 6) is -0.0889. The van der Waals surface area contributed by atoms with E-state index < -0.39 is 23.4 Å². The first-order valence-electron chi connectivity index (χ1n) is 8.93. The number of anilines is 1. The third-order valence-electron chi connectivity index (χ3n) is 4.49. The zero-order valence-electron chi connectivity index (χ0n) is 16.0. The highest BCUT2D eigenvalue weighted by Gasteiger charge is 2.20. The number of rotatable bonds is 6. The lowest BCUT2D eigenvalue weighted by molar-refractivity contribution is -0.384. The van der Waals surface area contributed by atoms with Crippen molar-refractivity contribution in [3.63, 3.8) is 0 Å². The summed E-state index contributed by atoms with van der Waals surface area (Å²) >= 11 is 0. The molecule has 0 spiro atoms. The summed E-state index contributed by atoms with van der Waals surface area (Å²) in [6, 6.07) is 8.05. The van der Waals surface area contributed by atoms with E-state index in [0.717, 1.165) is 5.56 Å². The van der Waals surface area contributed by atoms with Crippen molar-refractivity contribution in [1.29, 1.82) is 0 Å². The standard InChI is InChI=1S/C20H20N2O7/c1-12-3-5-15(22(25)26)20(13(12)2)21-18(23)11-29-19(24)10-14-4-6-16-17(9-14)28-8-7-27-16/h3-6,9H,7-8,10-11H2,1-2H3,(H,21,23). The van der Waals surface area contributed by atoms with E-state index >= 15 is 0 Å². The lowest BCUT2D eigenvalue weighted by Crippen LogP contribution is -2.22. The molecule has 0 aromatic heterocycles. The maximum absolute atomic E-state index is 12.2. The Morgan fingerprint density at radius 3 is 2.59 bits per heavy atom. The molecule has 1 amide bonds. The Morgan fingerprint density at radius 1 is 1.14 bits per heavy atom. The summed E-state index contributed by atoms with van der Waals surface area (Å²) in [7, 11) is 0. The molecule has 1 heterocycles. The van der Waals surface area contributed by atoms with E-state index in [2.05, 4.69) is 5.32 Å². The number of hydrogen-bond acceptors (Lipinski definition) is 7. The smallest absolute Gasteiger partial charge is 0.310 e. The molecule has 152 valence electrons. The number of nitro groups is 1. The zero-order chi connectivity index (χ0) is 21.0. The number of esters is 1. The Hall–Kier alpha value is -3.62. The molecule has 1 aliphatic rings. The molecular weight excluding hydrogens is 380 g/mol. The number of aryl methyl sites for hydroxylation is 1. The molecule has 1 aliphatic heterocycles. The predicted octanol–water partition coefficient (Wildman–Crippen LogP) is 2.71. The summed E-state index contributed by atoms with van der Waals surface area (Å²) in [5.41, 5.74) is 1.91.